The van der Waals surface area contributed by atoms with Crippen LogP contribution in [0.1, 0.15) is 33.1 Å². The highest BCUT2D eigenvalue weighted by Crippen LogP contribution is 2.23. The predicted molar refractivity (Wildman–Crippen MR) is 57.7 cm³/mol. The second-order valence-electron chi connectivity index (χ2n) is 4.14. The van der Waals surface area contributed by atoms with Crippen LogP contribution in [0, 0.1) is 0 Å². The molecule has 0 unspecified atom stereocenters. The summed E-state index contributed by atoms with van der Waals surface area (Å²) in [7, 11) is 0. The lowest BCUT2D eigenvalue weighted by atomic mass is 10.1. The van der Waals surface area contributed by atoms with Crippen molar-refractivity contribution in [2.45, 2.75) is 38.9 Å². The van der Waals surface area contributed by atoms with E-state index in [1.165, 1.54) is 0 Å². The minimum absolute atomic E-state index is 0.233. The van der Waals surface area contributed by atoms with E-state index in [1.807, 2.05) is 6.92 Å². The van der Waals surface area contributed by atoms with Crippen molar-refractivity contribution in [3.05, 3.63) is 0 Å². The Hall–Kier alpha value is -0.450. The van der Waals surface area contributed by atoms with E-state index in [1.54, 1.807) is 6.92 Å². The highest BCUT2D eigenvalue weighted by atomic mass is 16.7. The molecule has 0 bridgehead atoms. The lowest BCUT2D eigenvalue weighted by molar-refractivity contribution is -0.147. The predicted octanol–water partition coefficient (Wildman–Crippen LogP) is 1.10. The molecule has 0 amide bonds. The summed E-state index contributed by atoms with van der Waals surface area (Å²) in [5, 5.41) is 3.23. The monoisotopic (exact) mass is 215 g/mol. The van der Waals surface area contributed by atoms with E-state index >= 15 is 0 Å². The molecule has 4 nitrogen and oxygen atoms in total. The van der Waals surface area contributed by atoms with Crippen molar-refractivity contribution < 1.29 is 14.3 Å². The highest BCUT2D eigenvalue weighted by molar-refractivity contribution is 5.75. The highest BCUT2D eigenvalue weighted by Gasteiger charge is 2.29. The van der Waals surface area contributed by atoms with Crippen molar-refractivity contribution in [2.75, 3.05) is 26.3 Å². The van der Waals surface area contributed by atoms with Gasteiger partial charge in [0.1, 0.15) is 5.78 Å². The first-order chi connectivity index (χ1) is 7.12. The molecule has 0 aliphatic carbocycles. The molecule has 15 heavy (non-hydrogen) atoms. The summed E-state index contributed by atoms with van der Waals surface area (Å²) in [4.78, 5) is 10.7. The van der Waals surface area contributed by atoms with Crippen molar-refractivity contribution in [1.82, 2.24) is 5.32 Å². The maximum Gasteiger partial charge on any atom is 0.165 e. The molecule has 0 spiro atoms. The van der Waals surface area contributed by atoms with Crippen LogP contribution in [0.5, 0.6) is 0 Å². The quantitative estimate of drug-likeness (QED) is 0.646. The number of ketones is 1. The normalized spacial score (nSPS) is 19.3. The van der Waals surface area contributed by atoms with Gasteiger partial charge in [0.05, 0.1) is 13.2 Å². The first-order valence-electron chi connectivity index (χ1n) is 5.60. The number of carbonyl (C=O) groups is 1. The molecule has 0 atom stereocenters. The zero-order chi connectivity index (χ0) is 11.1. The van der Waals surface area contributed by atoms with Gasteiger partial charge in [-0.25, -0.2) is 0 Å². The second kappa shape index (κ2) is 6.20. The van der Waals surface area contributed by atoms with Crippen LogP contribution >= 0.6 is 0 Å². The Morgan fingerprint density at radius 3 is 2.60 bits per heavy atom. The molecule has 1 aliphatic heterocycles. The van der Waals surface area contributed by atoms with Crippen molar-refractivity contribution in [3.8, 4) is 0 Å². The summed E-state index contributed by atoms with van der Waals surface area (Å²) in [5.74, 6) is -0.140. The maximum atomic E-state index is 10.7. The summed E-state index contributed by atoms with van der Waals surface area (Å²) in [6.07, 6.45) is 2.53. The molecule has 88 valence electrons. The number of rotatable bonds is 7. The molecule has 1 saturated heterocycles. The Morgan fingerprint density at radius 1 is 1.33 bits per heavy atom. The first kappa shape index (κ1) is 12.6. The van der Waals surface area contributed by atoms with E-state index < -0.39 is 0 Å². The van der Waals surface area contributed by atoms with Gasteiger partial charge in [0.15, 0.2) is 5.79 Å². The molecule has 1 heterocycles. The topological polar surface area (TPSA) is 47.6 Å². The van der Waals surface area contributed by atoms with Gasteiger partial charge in [-0.2, -0.15) is 0 Å². The second-order valence-corrected chi connectivity index (χ2v) is 4.14. The third kappa shape index (κ3) is 5.25. The number of ether oxygens (including phenoxy) is 2. The summed E-state index contributed by atoms with van der Waals surface area (Å²) in [6, 6.07) is 0. The smallest absolute Gasteiger partial charge is 0.165 e. The lowest BCUT2D eigenvalue weighted by Gasteiger charge is -2.21. The van der Waals surface area contributed by atoms with Gasteiger partial charge < -0.3 is 14.8 Å². The molecular formula is C11H21NO3. The van der Waals surface area contributed by atoms with Crippen molar-refractivity contribution in [2.24, 2.45) is 0 Å². The van der Waals surface area contributed by atoms with Gasteiger partial charge in [0.25, 0.3) is 0 Å². The van der Waals surface area contributed by atoms with Gasteiger partial charge in [0.2, 0.25) is 0 Å². The fraction of sp³-hybridized carbons (Fsp3) is 0.909. The fourth-order valence-electron chi connectivity index (χ4n) is 1.63. The third-order valence-corrected chi connectivity index (χ3v) is 2.54. The van der Waals surface area contributed by atoms with Gasteiger partial charge in [0, 0.05) is 19.4 Å². The van der Waals surface area contributed by atoms with Crippen LogP contribution in [0.3, 0.4) is 0 Å². The Balaban J connectivity index is 1.94. The van der Waals surface area contributed by atoms with Gasteiger partial charge in [-0.05, 0) is 26.8 Å². The van der Waals surface area contributed by atoms with Gasteiger partial charge in [-0.1, -0.05) is 0 Å². The van der Waals surface area contributed by atoms with E-state index in [0.717, 1.165) is 25.9 Å². The van der Waals surface area contributed by atoms with Gasteiger partial charge in [-0.15, -0.1) is 0 Å². The van der Waals surface area contributed by atoms with Crippen LogP contribution in [-0.4, -0.2) is 37.9 Å². The van der Waals surface area contributed by atoms with Crippen LogP contribution in [-0.2, 0) is 14.3 Å². The van der Waals surface area contributed by atoms with Crippen molar-refractivity contribution in [1.29, 1.82) is 0 Å². The molecule has 1 N–H and O–H groups in total. The van der Waals surface area contributed by atoms with Crippen LogP contribution in [0.25, 0.3) is 0 Å². The summed E-state index contributed by atoms with van der Waals surface area (Å²) >= 11 is 0. The van der Waals surface area contributed by atoms with Crippen LogP contribution in [0.4, 0.5) is 0 Å². The molecular weight excluding hydrogens is 194 g/mol. The van der Waals surface area contributed by atoms with Crippen molar-refractivity contribution >= 4 is 5.78 Å². The molecule has 4 heteroatoms. The Bertz CT molecular complexity index is 200. The van der Waals surface area contributed by atoms with Gasteiger partial charge in [-0.3, -0.25) is 4.79 Å². The molecule has 0 saturated carbocycles. The fourth-order valence-corrected chi connectivity index (χ4v) is 1.63. The average Bonchev–Trinajstić information content (AvgIpc) is 2.58. The van der Waals surface area contributed by atoms with E-state index in [4.69, 9.17) is 9.47 Å². The van der Waals surface area contributed by atoms with Crippen molar-refractivity contribution in [3.63, 3.8) is 0 Å². The van der Waals surface area contributed by atoms with E-state index in [9.17, 15) is 4.79 Å². The molecule has 0 aromatic rings. The first-order valence-corrected chi connectivity index (χ1v) is 5.60. The summed E-state index contributed by atoms with van der Waals surface area (Å²) < 4.78 is 11.0. The Labute approximate surface area is 91.3 Å². The molecule has 0 aromatic heterocycles. The Kier molecular flexibility index (Phi) is 5.22. The number of hydrogen-bond acceptors (Lipinski definition) is 4. The van der Waals surface area contributed by atoms with Crippen LogP contribution in [0.2, 0.25) is 0 Å². The molecule has 1 aliphatic rings. The average molecular weight is 215 g/mol. The van der Waals surface area contributed by atoms with Gasteiger partial charge >= 0.3 is 0 Å². The SMILES string of the molecule is CC(=O)CCNCCCC1(C)OCCO1. The van der Waals surface area contributed by atoms with E-state index in [0.29, 0.717) is 19.6 Å². The standard InChI is InChI=1S/C11H21NO3/c1-10(13)4-7-12-6-3-5-11(2)14-8-9-15-11/h12H,3-9H2,1-2H3. The number of Topliss-reactive ketones (excluding diaryl/α,β-unsaturated/α-hetero) is 1. The summed E-state index contributed by atoms with van der Waals surface area (Å²) in [6.45, 7) is 6.68. The third-order valence-electron chi connectivity index (χ3n) is 2.54. The zero-order valence-electron chi connectivity index (χ0n) is 9.67. The van der Waals surface area contributed by atoms with E-state index in [2.05, 4.69) is 5.32 Å². The minimum atomic E-state index is -0.373. The lowest BCUT2D eigenvalue weighted by Crippen LogP contribution is -2.27. The van der Waals surface area contributed by atoms with E-state index in [-0.39, 0.29) is 11.6 Å². The Morgan fingerprint density at radius 2 is 2.00 bits per heavy atom. The largest absolute Gasteiger partial charge is 0.348 e. The zero-order valence-corrected chi connectivity index (χ0v) is 9.67. The minimum Gasteiger partial charge on any atom is -0.348 e. The number of nitrogens with one attached hydrogen (secondary N) is 1. The maximum absolute atomic E-state index is 10.7. The molecule has 0 aromatic carbocycles. The summed E-state index contributed by atoms with van der Waals surface area (Å²) in [5.41, 5.74) is 0. The molecule has 1 rings (SSSR count). The van der Waals surface area contributed by atoms with Crippen LogP contribution in [0.15, 0.2) is 0 Å². The number of carbonyl (C=O) groups excluding carboxylic acids is 1. The van der Waals surface area contributed by atoms with Crippen LogP contribution < -0.4 is 5.32 Å². The molecule has 1 fully saturated rings. The molecule has 0 radical (unpaired) electrons. The number of hydrogen-bond donors (Lipinski definition) is 1.